The third-order valence-electron chi connectivity index (χ3n) is 4.62. The van der Waals surface area contributed by atoms with Crippen LogP contribution in [0, 0.1) is 5.92 Å². The third kappa shape index (κ3) is 3.55. The predicted octanol–water partition coefficient (Wildman–Crippen LogP) is 0.949. The first-order valence-electron chi connectivity index (χ1n) is 8.21. The highest BCUT2D eigenvalue weighted by Crippen LogP contribution is 2.24. The molecule has 7 nitrogen and oxygen atoms in total. The molecule has 2 saturated heterocycles. The van der Waals surface area contributed by atoms with Crippen molar-refractivity contribution in [3.63, 3.8) is 0 Å². The molecule has 3 heterocycles. The first-order valence-corrected chi connectivity index (χ1v) is 8.21. The molecule has 1 aromatic heterocycles. The van der Waals surface area contributed by atoms with E-state index in [9.17, 15) is 4.79 Å². The van der Waals surface area contributed by atoms with Crippen LogP contribution in [0.4, 0.5) is 5.95 Å². The number of rotatable bonds is 3. The number of amides is 1. The third-order valence-corrected chi connectivity index (χ3v) is 4.62. The van der Waals surface area contributed by atoms with Crippen LogP contribution in [-0.2, 0) is 9.53 Å². The van der Waals surface area contributed by atoms with Crippen molar-refractivity contribution < 1.29 is 14.3 Å². The van der Waals surface area contributed by atoms with Gasteiger partial charge in [0.2, 0.25) is 17.7 Å². The van der Waals surface area contributed by atoms with Crippen molar-refractivity contribution in [3.8, 4) is 5.88 Å². The van der Waals surface area contributed by atoms with Crippen LogP contribution < -0.4 is 9.64 Å². The Morgan fingerprint density at radius 3 is 2.83 bits per heavy atom. The SMILES string of the molecule is COc1ccnc(N2CCN(C(=O)[C@H]3CCCO[C@@H]3C)CC2)n1. The highest BCUT2D eigenvalue weighted by atomic mass is 16.5. The smallest absolute Gasteiger partial charge is 0.228 e. The molecule has 0 saturated carbocycles. The van der Waals surface area contributed by atoms with Crippen molar-refractivity contribution in [3.05, 3.63) is 12.3 Å². The molecular weight excluding hydrogens is 296 g/mol. The summed E-state index contributed by atoms with van der Waals surface area (Å²) in [5, 5.41) is 0. The van der Waals surface area contributed by atoms with Gasteiger partial charge in [-0.3, -0.25) is 4.79 Å². The Kier molecular flexibility index (Phi) is 4.95. The summed E-state index contributed by atoms with van der Waals surface area (Å²) in [5.41, 5.74) is 0. The van der Waals surface area contributed by atoms with Gasteiger partial charge in [-0.15, -0.1) is 0 Å². The van der Waals surface area contributed by atoms with Crippen LogP contribution >= 0.6 is 0 Å². The Morgan fingerprint density at radius 2 is 2.13 bits per heavy atom. The minimum atomic E-state index is 0.00312. The Labute approximate surface area is 136 Å². The second kappa shape index (κ2) is 7.12. The number of hydrogen-bond donors (Lipinski definition) is 0. The van der Waals surface area contributed by atoms with E-state index in [-0.39, 0.29) is 17.9 Å². The molecule has 0 radical (unpaired) electrons. The summed E-state index contributed by atoms with van der Waals surface area (Å²) in [6.45, 7) is 5.64. The van der Waals surface area contributed by atoms with Crippen molar-refractivity contribution in [1.29, 1.82) is 0 Å². The summed E-state index contributed by atoms with van der Waals surface area (Å²) in [6.07, 6.45) is 3.62. The zero-order chi connectivity index (χ0) is 16.2. The van der Waals surface area contributed by atoms with Crippen LogP contribution in [0.1, 0.15) is 19.8 Å². The number of nitrogens with zero attached hydrogens (tertiary/aromatic N) is 4. The fourth-order valence-electron chi connectivity index (χ4n) is 3.21. The number of aromatic nitrogens is 2. The fourth-order valence-corrected chi connectivity index (χ4v) is 3.21. The predicted molar refractivity (Wildman–Crippen MR) is 85.5 cm³/mol. The average Bonchev–Trinajstić information content (AvgIpc) is 2.62. The monoisotopic (exact) mass is 320 g/mol. The number of ether oxygens (including phenoxy) is 2. The molecular formula is C16H24N4O3. The summed E-state index contributed by atoms with van der Waals surface area (Å²) < 4.78 is 10.8. The molecule has 2 aliphatic rings. The summed E-state index contributed by atoms with van der Waals surface area (Å²) in [4.78, 5) is 25.4. The van der Waals surface area contributed by atoms with Crippen molar-refractivity contribution in [1.82, 2.24) is 14.9 Å². The van der Waals surface area contributed by atoms with Gasteiger partial charge in [0.1, 0.15) is 0 Å². The van der Waals surface area contributed by atoms with E-state index < -0.39 is 0 Å². The van der Waals surface area contributed by atoms with E-state index in [1.54, 1.807) is 19.4 Å². The lowest BCUT2D eigenvalue weighted by molar-refractivity contribution is -0.144. The molecule has 7 heteroatoms. The molecule has 0 N–H and O–H groups in total. The molecule has 2 atom stereocenters. The first-order chi connectivity index (χ1) is 11.2. The number of piperazine rings is 1. The summed E-state index contributed by atoms with van der Waals surface area (Å²) in [6, 6.07) is 1.73. The van der Waals surface area contributed by atoms with Gasteiger partial charge in [-0.1, -0.05) is 0 Å². The van der Waals surface area contributed by atoms with Gasteiger partial charge in [-0.25, -0.2) is 4.98 Å². The molecule has 0 aromatic carbocycles. The molecule has 2 aliphatic heterocycles. The molecule has 2 fully saturated rings. The topological polar surface area (TPSA) is 67.8 Å². The Balaban J connectivity index is 1.58. The van der Waals surface area contributed by atoms with Gasteiger partial charge in [0, 0.05) is 45.0 Å². The fraction of sp³-hybridized carbons (Fsp3) is 0.688. The van der Waals surface area contributed by atoms with E-state index in [4.69, 9.17) is 9.47 Å². The highest BCUT2D eigenvalue weighted by Gasteiger charge is 2.33. The second-order valence-corrected chi connectivity index (χ2v) is 6.04. The molecule has 0 spiro atoms. The van der Waals surface area contributed by atoms with Gasteiger partial charge >= 0.3 is 0 Å². The van der Waals surface area contributed by atoms with E-state index in [0.29, 0.717) is 24.9 Å². The molecule has 126 valence electrons. The lowest BCUT2D eigenvalue weighted by Gasteiger charge is -2.38. The van der Waals surface area contributed by atoms with E-state index >= 15 is 0 Å². The van der Waals surface area contributed by atoms with E-state index in [1.165, 1.54) is 0 Å². The van der Waals surface area contributed by atoms with E-state index in [0.717, 1.165) is 32.5 Å². The standard InChI is InChI=1S/C16H24N4O3/c1-12-13(4-3-11-23-12)15(21)19-7-9-20(10-8-19)16-17-6-5-14(18-16)22-2/h5-6,12-13H,3-4,7-11H2,1-2H3/t12-,13+/m1/s1. The zero-order valence-corrected chi connectivity index (χ0v) is 13.8. The van der Waals surface area contributed by atoms with E-state index in [2.05, 4.69) is 14.9 Å². The van der Waals surface area contributed by atoms with Crippen LogP contribution in [0.3, 0.4) is 0 Å². The van der Waals surface area contributed by atoms with Crippen LogP contribution in [0.15, 0.2) is 12.3 Å². The quantitative estimate of drug-likeness (QED) is 0.826. The average molecular weight is 320 g/mol. The molecule has 0 aliphatic carbocycles. The molecule has 1 amide bonds. The van der Waals surface area contributed by atoms with Gasteiger partial charge < -0.3 is 19.3 Å². The van der Waals surface area contributed by atoms with Crippen LogP contribution in [0.5, 0.6) is 5.88 Å². The minimum Gasteiger partial charge on any atom is -0.481 e. The summed E-state index contributed by atoms with van der Waals surface area (Å²) in [5.74, 6) is 1.44. The van der Waals surface area contributed by atoms with Crippen molar-refractivity contribution in [2.24, 2.45) is 5.92 Å². The summed E-state index contributed by atoms with van der Waals surface area (Å²) >= 11 is 0. The van der Waals surface area contributed by atoms with Crippen LogP contribution in [-0.4, -0.2) is 66.8 Å². The lowest BCUT2D eigenvalue weighted by atomic mass is 9.93. The number of hydrogen-bond acceptors (Lipinski definition) is 6. The lowest BCUT2D eigenvalue weighted by Crippen LogP contribution is -2.52. The Morgan fingerprint density at radius 1 is 1.35 bits per heavy atom. The largest absolute Gasteiger partial charge is 0.481 e. The Hall–Kier alpha value is -1.89. The van der Waals surface area contributed by atoms with E-state index in [1.807, 2.05) is 11.8 Å². The second-order valence-electron chi connectivity index (χ2n) is 6.04. The van der Waals surface area contributed by atoms with Crippen LogP contribution in [0.25, 0.3) is 0 Å². The number of carbonyl (C=O) groups is 1. The van der Waals surface area contributed by atoms with Crippen molar-refractivity contribution in [2.45, 2.75) is 25.9 Å². The Bertz CT molecular complexity index is 546. The maximum absolute atomic E-state index is 12.7. The summed E-state index contributed by atoms with van der Waals surface area (Å²) in [7, 11) is 1.59. The van der Waals surface area contributed by atoms with Gasteiger partial charge in [0.25, 0.3) is 0 Å². The maximum Gasteiger partial charge on any atom is 0.228 e. The van der Waals surface area contributed by atoms with Crippen LogP contribution in [0.2, 0.25) is 0 Å². The number of anilines is 1. The highest BCUT2D eigenvalue weighted by molar-refractivity contribution is 5.79. The van der Waals surface area contributed by atoms with Gasteiger partial charge in [-0.05, 0) is 19.8 Å². The number of carbonyl (C=O) groups excluding carboxylic acids is 1. The molecule has 0 unspecified atom stereocenters. The van der Waals surface area contributed by atoms with Gasteiger partial charge in [0.05, 0.1) is 19.1 Å². The zero-order valence-electron chi connectivity index (χ0n) is 13.8. The normalized spacial score (nSPS) is 25.3. The van der Waals surface area contributed by atoms with Gasteiger partial charge in [-0.2, -0.15) is 4.98 Å². The molecule has 23 heavy (non-hydrogen) atoms. The molecule has 0 bridgehead atoms. The molecule has 3 rings (SSSR count). The molecule has 1 aromatic rings. The first kappa shape index (κ1) is 16.0. The van der Waals surface area contributed by atoms with Crippen molar-refractivity contribution in [2.75, 3.05) is 44.8 Å². The minimum absolute atomic E-state index is 0.00312. The number of methoxy groups -OCH3 is 1. The maximum atomic E-state index is 12.7. The van der Waals surface area contributed by atoms with Gasteiger partial charge in [0.15, 0.2) is 0 Å². The van der Waals surface area contributed by atoms with Crippen molar-refractivity contribution >= 4 is 11.9 Å².